The van der Waals surface area contributed by atoms with Crippen LogP contribution in [0.4, 0.5) is 9.18 Å². The Morgan fingerprint density at radius 1 is 1.25 bits per heavy atom. The molecule has 1 aromatic carbocycles. The van der Waals surface area contributed by atoms with Crippen molar-refractivity contribution in [3.8, 4) is 0 Å². The molecule has 3 rings (SSSR count). The first-order valence-corrected chi connectivity index (χ1v) is 7.67. The summed E-state index contributed by atoms with van der Waals surface area (Å²) in [7, 11) is 0. The first-order valence-electron chi connectivity index (χ1n) is 7.29. The Kier molecular flexibility index (Phi) is 4.61. The van der Waals surface area contributed by atoms with Crippen molar-refractivity contribution in [3.63, 3.8) is 0 Å². The number of aryl methyl sites for hydroxylation is 1. The second kappa shape index (κ2) is 6.84. The number of carbonyl (C=O) groups is 1. The number of carbonyl (C=O) groups excluding carboxylic acids is 1. The first kappa shape index (κ1) is 16.2. The molecule has 0 saturated heterocycles. The van der Waals surface area contributed by atoms with Crippen molar-refractivity contribution in [2.75, 3.05) is 0 Å². The molecule has 0 fully saturated rings. The van der Waals surface area contributed by atoms with E-state index in [1.165, 1.54) is 6.07 Å². The maximum Gasteiger partial charge on any atom is 0.315 e. The zero-order valence-electron chi connectivity index (χ0n) is 12.9. The fourth-order valence-electron chi connectivity index (χ4n) is 2.31. The van der Waals surface area contributed by atoms with E-state index in [2.05, 4.69) is 25.6 Å². The largest absolute Gasteiger partial charge is 0.340 e. The van der Waals surface area contributed by atoms with E-state index in [0.29, 0.717) is 22.2 Å². The monoisotopic (exact) mass is 347 g/mol. The fourth-order valence-corrected chi connectivity index (χ4v) is 2.59. The van der Waals surface area contributed by atoms with Crippen molar-refractivity contribution >= 4 is 28.7 Å². The zero-order valence-corrected chi connectivity index (χ0v) is 13.6. The van der Waals surface area contributed by atoms with Crippen molar-refractivity contribution < 1.29 is 9.18 Å². The Bertz CT molecular complexity index is 875. The van der Waals surface area contributed by atoms with E-state index in [-0.39, 0.29) is 24.6 Å². The number of benzene rings is 1. The molecular weight excluding hydrogens is 333 g/mol. The summed E-state index contributed by atoms with van der Waals surface area (Å²) in [6, 6.07) is 7.87. The summed E-state index contributed by atoms with van der Waals surface area (Å²) in [4.78, 5) is 23.0. The number of aromatic nitrogens is 3. The number of imidazole rings is 1. The molecule has 2 aromatic heterocycles. The number of H-pyrrole nitrogens is 1. The molecule has 3 aromatic rings. The minimum Gasteiger partial charge on any atom is -0.340 e. The summed E-state index contributed by atoms with van der Waals surface area (Å²) in [6.07, 6.45) is 0. The third kappa shape index (κ3) is 3.80. The quantitative estimate of drug-likeness (QED) is 0.634. The lowest BCUT2D eigenvalue weighted by Gasteiger charge is -2.07. The molecule has 124 valence electrons. The van der Waals surface area contributed by atoms with Crippen molar-refractivity contribution in [2.45, 2.75) is 20.0 Å². The maximum absolute atomic E-state index is 13.6. The number of hydrogen-bond acceptors (Lipinski definition) is 3. The predicted octanol–water partition coefficient (Wildman–Crippen LogP) is 3.06. The molecule has 24 heavy (non-hydrogen) atoms. The van der Waals surface area contributed by atoms with Gasteiger partial charge in [-0.05, 0) is 36.8 Å². The van der Waals surface area contributed by atoms with Crippen LogP contribution in [0.5, 0.6) is 0 Å². The van der Waals surface area contributed by atoms with E-state index in [1.807, 2.05) is 13.0 Å². The Morgan fingerprint density at radius 2 is 2.04 bits per heavy atom. The van der Waals surface area contributed by atoms with Crippen LogP contribution < -0.4 is 10.6 Å². The minimum absolute atomic E-state index is 0.155. The number of nitrogens with one attached hydrogen (secondary N) is 3. The van der Waals surface area contributed by atoms with Gasteiger partial charge in [0.05, 0.1) is 24.3 Å². The summed E-state index contributed by atoms with van der Waals surface area (Å²) in [5.41, 5.74) is 2.48. The third-order valence-electron chi connectivity index (χ3n) is 3.35. The molecule has 0 radical (unpaired) electrons. The number of nitrogens with zero attached hydrogens (tertiary/aromatic N) is 2. The van der Waals surface area contributed by atoms with Crippen LogP contribution in [0.1, 0.15) is 17.1 Å². The van der Waals surface area contributed by atoms with Crippen molar-refractivity contribution in [3.05, 3.63) is 58.4 Å². The highest BCUT2D eigenvalue weighted by Gasteiger charge is 2.08. The van der Waals surface area contributed by atoms with Gasteiger partial charge in [0.2, 0.25) is 0 Å². The highest BCUT2D eigenvalue weighted by Crippen LogP contribution is 2.14. The van der Waals surface area contributed by atoms with Crippen LogP contribution in [-0.4, -0.2) is 21.0 Å². The van der Waals surface area contributed by atoms with Gasteiger partial charge in [0.15, 0.2) is 5.82 Å². The average molecular weight is 348 g/mol. The summed E-state index contributed by atoms with van der Waals surface area (Å²) in [6.45, 7) is 2.31. The predicted molar refractivity (Wildman–Crippen MR) is 89.1 cm³/mol. The van der Waals surface area contributed by atoms with Crippen LogP contribution in [0, 0.1) is 12.7 Å². The summed E-state index contributed by atoms with van der Waals surface area (Å²) in [5, 5.41) is 5.72. The minimum atomic E-state index is -0.401. The second-order valence-corrected chi connectivity index (χ2v) is 5.70. The van der Waals surface area contributed by atoms with Gasteiger partial charge in [0, 0.05) is 0 Å². The Morgan fingerprint density at radius 3 is 2.79 bits per heavy atom. The van der Waals surface area contributed by atoms with E-state index in [0.717, 1.165) is 5.56 Å². The molecule has 8 heteroatoms. The SMILES string of the molecule is Cc1cc(Cl)nc(CNC(=O)NCc2nc3c(F)cccc3[nH]2)c1. The molecule has 0 unspecified atom stereocenters. The Labute approximate surface area is 142 Å². The van der Waals surface area contributed by atoms with Gasteiger partial charge >= 0.3 is 6.03 Å². The number of urea groups is 1. The third-order valence-corrected chi connectivity index (χ3v) is 3.54. The number of fused-ring (bicyclic) bond motifs is 1. The summed E-state index contributed by atoms with van der Waals surface area (Å²) >= 11 is 5.88. The molecule has 0 atom stereocenters. The molecule has 0 aliphatic rings. The van der Waals surface area contributed by atoms with E-state index in [4.69, 9.17) is 11.6 Å². The number of pyridine rings is 1. The molecule has 0 aliphatic carbocycles. The zero-order chi connectivity index (χ0) is 17.1. The molecule has 3 N–H and O–H groups in total. The van der Waals surface area contributed by atoms with Gasteiger partial charge < -0.3 is 15.6 Å². The van der Waals surface area contributed by atoms with E-state index in [9.17, 15) is 9.18 Å². The summed E-state index contributed by atoms with van der Waals surface area (Å²) < 4.78 is 13.6. The fraction of sp³-hybridized carbons (Fsp3) is 0.188. The van der Waals surface area contributed by atoms with Gasteiger partial charge in [0.1, 0.15) is 16.5 Å². The van der Waals surface area contributed by atoms with Crippen LogP contribution in [0.25, 0.3) is 11.0 Å². The van der Waals surface area contributed by atoms with Crippen LogP contribution in [-0.2, 0) is 13.1 Å². The molecule has 2 heterocycles. The lowest BCUT2D eigenvalue weighted by atomic mass is 10.2. The van der Waals surface area contributed by atoms with Crippen molar-refractivity contribution in [1.82, 2.24) is 25.6 Å². The standard InChI is InChI=1S/C16H15ClFN5O/c1-9-5-10(21-13(17)6-9)7-19-16(24)20-8-14-22-12-4-2-3-11(18)15(12)23-14/h2-6H,7-8H2,1H3,(H,22,23)(H2,19,20,24). The number of hydrogen-bond donors (Lipinski definition) is 3. The van der Waals surface area contributed by atoms with E-state index >= 15 is 0 Å². The molecule has 2 amide bonds. The maximum atomic E-state index is 13.6. The lowest BCUT2D eigenvalue weighted by molar-refractivity contribution is 0.239. The van der Waals surface area contributed by atoms with Gasteiger partial charge in [-0.2, -0.15) is 0 Å². The molecule has 6 nitrogen and oxygen atoms in total. The number of para-hydroxylation sites is 1. The van der Waals surface area contributed by atoms with Crippen LogP contribution in [0.2, 0.25) is 5.15 Å². The van der Waals surface area contributed by atoms with E-state index < -0.39 is 5.82 Å². The number of halogens is 2. The Hall–Kier alpha value is -2.67. The van der Waals surface area contributed by atoms with Crippen LogP contribution in [0.15, 0.2) is 30.3 Å². The normalized spacial score (nSPS) is 10.8. The van der Waals surface area contributed by atoms with Crippen LogP contribution >= 0.6 is 11.6 Å². The van der Waals surface area contributed by atoms with Crippen LogP contribution in [0.3, 0.4) is 0 Å². The number of aromatic amines is 1. The van der Waals surface area contributed by atoms with E-state index in [1.54, 1.807) is 18.2 Å². The summed E-state index contributed by atoms with van der Waals surface area (Å²) in [5.74, 6) is 0.0730. The van der Waals surface area contributed by atoms with Gasteiger partial charge in [0.25, 0.3) is 0 Å². The average Bonchev–Trinajstić information content (AvgIpc) is 2.95. The first-order chi connectivity index (χ1) is 11.5. The molecule has 0 bridgehead atoms. The smallest absolute Gasteiger partial charge is 0.315 e. The van der Waals surface area contributed by atoms with Gasteiger partial charge in [-0.1, -0.05) is 17.7 Å². The van der Waals surface area contributed by atoms with Crippen molar-refractivity contribution in [2.24, 2.45) is 0 Å². The highest BCUT2D eigenvalue weighted by atomic mass is 35.5. The van der Waals surface area contributed by atoms with Gasteiger partial charge in [-0.15, -0.1) is 0 Å². The highest BCUT2D eigenvalue weighted by molar-refractivity contribution is 6.29. The number of amides is 2. The lowest BCUT2D eigenvalue weighted by Crippen LogP contribution is -2.35. The van der Waals surface area contributed by atoms with Gasteiger partial charge in [-0.25, -0.2) is 19.2 Å². The van der Waals surface area contributed by atoms with Crippen molar-refractivity contribution in [1.29, 1.82) is 0 Å². The molecule has 0 spiro atoms. The Balaban J connectivity index is 1.55. The molecule has 0 aliphatic heterocycles. The molecule has 0 saturated carbocycles. The second-order valence-electron chi connectivity index (χ2n) is 5.31. The topological polar surface area (TPSA) is 82.7 Å². The number of rotatable bonds is 4. The van der Waals surface area contributed by atoms with Gasteiger partial charge in [-0.3, -0.25) is 0 Å². The molecular formula is C16H15ClFN5O.